The fourth-order valence-electron chi connectivity index (χ4n) is 2.02. The third kappa shape index (κ3) is 4.49. The number of hydrogen-bond acceptors (Lipinski definition) is 4. The summed E-state index contributed by atoms with van der Waals surface area (Å²) in [6.07, 6.45) is 1.92. The molecule has 1 heterocycles. The molecular formula is C14H23N3O3. The second-order valence-corrected chi connectivity index (χ2v) is 5.19. The second-order valence-electron chi connectivity index (χ2n) is 5.19. The van der Waals surface area contributed by atoms with Gasteiger partial charge >= 0.3 is 0 Å². The van der Waals surface area contributed by atoms with E-state index in [2.05, 4.69) is 16.7 Å². The summed E-state index contributed by atoms with van der Waals surface area (Å²) in [6, 6.07) is 2.24. The van der Waals surface area contributed by atoms with Gasteiger partial charge in [-0.05, 0) is 26.2 Å². The van der Waals surface area contributed by atoms with Crippen LogP contribution in [-0.4, -0.2) is 37.6 Å². The highest BCUT2D eigenvalue weighted by Crippen LogP contribution is 2.29. The molecule has 0 aliphatic carbocycles. The van der Waals surface area contributed by atoms with Crippen molar-refractivity contribution in [1.82, 2.24) is 10.6 Å². The van der Waals surface area contributed by atoms with Gasteiger partial charge in [0, 0.05) is 32.2 Å². The van der Waals surface area contributed by atoms with Gasteiger partial charge in [-0.3, -0.25) is 9.59 Å². The predicted molar refractivity (Wildman–Crippen MR) is 73.6 cm³/mol. The average molecular weight is 281 g/mol. The Balaban J connectivity index is 2.35. The van der Waals surface area contributed by atoms with Crippen LogP contribution in [0.25, 0.3) is 0 Å². The third-order valence-corrected chi connectivity index (χ3v) is 3.65. The highest BCUT2D eigenvalue weighted by atomic mass is 16.5. The summed E-state index contributed by atoms with van der Waals surface area (Å²) in [7, 11) is 0. The van der Waals surface area contributed by atoms with Crippen LogP contribution in [0.3, 0.4) is 0 Å². The zero-order valence-electron chi connectivity index (χ0n) is 12.2. The summed E-state index contributed by atoms with van der Waals surface area (Å²) >= 11 is 0. The van der Waals surface area contributed by atoms with E-state index >= 15 is 0 Å². The monoisotopic (exact) mass is 281 g/mol. The molecule has 6 heteroatoms. The molecule has 2 amide bonds. The number of ether oxygens (including phenoxy) is 1. The van der Waals surface area contributed by atoms with Gasteiger partial charge in [0.2, 0.25) is 11.8 Å². The van der Waals surface area contributed by atoms with Gasteiger partial charge in [-0.25, -0.2) is 0 Å². The summed E-state index contributed by atoms with van der Waals surface area (Å²) < 4.78 is 5.18. The maximum absolute atomic E-state index is 12.1. The van der Waals surface area contributed by atoms with Crippen molar-refractivity contribution >= 4 is 11.8 Å². The molecule has 0 aromatic heterocycles. The first-order valence-electron chi connectivity index (χ1n) is 7.10. The second kappa shape index (κ2) is 7.85. The van der Waals surface area contributed by atoms with E-state index in [0.29, 0.717) is 26.1 Å². The van der Waals surface area contributed by atoms with Crippen LogP contribution in [-0.2, 0) is 14.3 Å². The molecule has 1 saturated heterocycles. The van der Waals surface area contributed by atoms with Gasteiger partial charge in [-0.2, -0.15) is 5.26 Å². The average Bonchev–Trinajstić information content (AvgIpc) is 2.47. The summed E-state index contributed by atoms with van der Waals surface area (Å²) in [5.41, 5.74) is -0.995. The Morgan fingerprint density at radius 2 is 2.05 bits per heavy atom. The van der Waals surface area contributed by atoms with Gasteiger partial charge in [0.15, 0.2) is 0 Å². The zero-order chi connectivity index (χ0) is 15.0. The lowest BCUT2D eigenvalue weighted by molar-refractivity contribution is -0.132. The quantitative estimate of drug-likeness (QED) is 0.750. The first kappa shape index (κ1) is 16.4. The summed E-state index contributed by atoms with van der Waals surface area (Å²) in [6.45, 7) is 5.04. The molecule has 1 unspecified atom stereocenters. The molecule has 0 saturated carbocycles. The lowest BCUT2D eigenvalue weighted by atomic mass is 9.81. The van der Waals surface area contributed by atoms with E-state index in [9.17, 15) is 14.9 Å². The number of nitrogens with one attached hydrogen (secondary N) is 2. The minimum absolute atomic E-state index is 0.0855. The van der Waals surface area contributed by atoms with Gasteiger partial charge in [-0.15, -0.1) is 0 Å². The Kier molecular flexibility index (Phi) is 6.46. The van der Waals surface area contributed by atoms with Crippen LogP contribution in [0.2, 0.25) is 0 Å². The highest BCUT2D eigenvalue weighted by molar-refractivity contribution is 5.86. The number of amides is 2. The van der Waals surface area contributed by atoms with Gasteiger partial charge in [0.25, 0.3) is 0 Å². The predicted octanol–water partition coefficient (Wildman–Crippen LogP) is 0.728. The first-order valence-corrected chi connectivity index (χ1v) is 7.10. The van der Waals surface area contributed by atoms with Gasteiger partial charge in [0.1, 0.15) is 5.41 Å². The van der Waals surface area contributed by atoms with E-state index in [1.807, 2.05) is 13.8 Å². The Labute approximate surface area is 119 Å². The van der Waals surface area contributed by atoms with Crippen LogP contribution in [0.15, 0.2) is 0 Å². The van der Waals surface area contributed by atoms with E-state index in [1.165, 1.54) is 0 Å². The topological polar surface area (TPSA) is 91.2 Å². The van der Waals surface area contributed by atoms with Crippen molar-refractivity contribution in [2.45, 2.75) is 45.6 Å². The van der Waals surface area contributed by atoms with Crippen LogP contribution in [0.4, 0.5) is 0 Å². The molecule has 0 spiro atoms. The Hall–Kier alpha value is -1.61. The minimum atomic E-state index is -0.995. The fourth-order valence-corrected chi connectivity index (χ4v) is 2.02. The zero-order valence-corrected chi connectivity index (χ0v) is 12.2. The van der Waals surface area contributed by atoms with Gasteiger partial charge in [0.05, 0.1) is 6.07 Å². The molecule has 1 rings (SSSR count). The number of nitrogens with zero attached hydrogens (tertiary/aromatic N) is 1. The van der Waals surface area contributed by atoms with E-state index in [1.54, 1.807) is 0 Å². The van der Waals surface area contributed by atoms with Crippen molar-refractivity contribution in [3.63, 3.8) is 0 Å². The molecular weight excluding hydrogens is 258 g/mol. The lowest BCUT2D eigenvalue weighted by Crippen LogP contribution is -2.45. The molecule has 2 N–H and O–H groups in total. The van der Waals surface area contributed by atoms with Crippen LogP contribution >= 0.6 is 0 Å². The molecule has 1 aliphatic heterocycles. The smallest absolute Gasteiger partial charge is 0.240 e. The van der Waals surface area contributed by atoms with E-state index < -0.39 is 5.41 Å². The van der Waals surface area contributed by atoms with Crippen molar-refractivity contribution in [3.8, 4) is 6.07 Å². The minimum Gasteiger partial charge on any atom is -0.381 e. The van der Waals surface area contributed by atoms with Crippen molar-refractivity contribution in [2.75, 3.05) is 19.8 Å². The van der Waals surface area contributed by atoms with Crippen LogP contribution in [0.1, 0.15) is 39.5 Å². The highest BCUT2D eigenvalue weighted by Gasteiger charge is 2.40. The molecule has 0 aromatic carbocycles. The van der Waals surface area contributed by atoms with E-state index in [-0.39, 0.29) is 30.8 Å². The number of hydrogen-bond donors (Lipinski definition) is 2. The van der Waals surface area contributed by atoms with Crippen molar-refractivity contribution in [1.29, 1.82) is 5.26 Å². The third-order valence-electron chi connectivity index (χ3n) is 3.65. The Morgan fingerprint density at radius 3 is 2.60 bits per heavy atom. The molecule has 6 nitrogen and oxygen atoms in total. The number of carbonyl (C=O) groups excluding carboxylic acids is 2. The number of rotatable bonds is 6. The molecule has 0 radical (unpaired) electrons. The van der Waals surface area contributed by atoms with Crippen molar-refractivity contribution in [3.05, 3.63) is 0 Å². The Morgan fingerprint density at radius 1 is 1.40 bits per heavy atom. The normalized spacial score (nSPS) is 18.6. The van der Waals surface area contributed by atoms with Crippen LogP contribution in [0.5, 0.6) is 0 Å². The number of nitriles is 1. The maximum atomic E-state index is 12.1. The summed E-state index contributed by atoms with van der Waals surface area (Å²) in [5, 5.41) is 14.7. The largest absolute Gasteiger partial charge is 0.381 e. The SMILES string of the molecule is CCC(C)NC(=O)CCNC(=O)C1(C#N)CCOCC1. The maximum Gasteiger partial charge on any atom is 0.240 e. The molecule has 20 heavy (non-hydrogen) atoms. The standard InChI is InChI=1S/C14H23N3O3/c1-3-11(2)17-12(18)4-7-16-13(19)14(10-15)5-8-20-9-6-14/h11H,3-9H2,1-2H3,(H,16,19)(H,17,18). The molecule has 1 fully saturated rings. The van der Waals surface area contributed by atoms with Crippen molar-refractivity contribution < 1.29 is 14.3 Å². The van der Waals surface area contributed by atoms with E-state index in [4.69, 9.17) is 4.74 Å². The van der Waals surface area contributed by atoms with Gasteiger partial charge in [-0.1, -0.05) is 6.92 Å². The molecule has 0 bridgehead atoms. The fraction of sp³-hybridized carbons (Fsp3) is 0.786. The first-order chi connectivity index (χ1) is 9.54. The summed E-state index contributed by atoms with van der Waals surface area (Å²) in [5.74, 6) is -0.378. The van der Waals surface area contributed by atoms with Crippen LogP contribution in [0, 0.1) is 16.7 Å². The summed E-state index contributed by atoms with van der Waals surface area (Å²) in [4.78, 5) is 23.7. The lowest BCUT2D eigenvalue weighted by Gasteiger charge is -2.29. The molecule has 112 valence electrons. The number of carbonyl (C=O) groups is 2. The van der Waals surface area contributed by atoms with E-state index in [0.717, 1.165) is 6.42 Å². The Bertz CT molecular complexity index is 384. The molecule has 1 atom stereocenters. The molecule has 1 aliphatic rings. The van der Waals surface area contributed by atoms with Crippen LogP contribution < -0.4 is 10.6 Å². The van der Waals surface area contributed by atoms with Gasteiger partial charge < -0.3 is 15.4 Å². The molecule has 0 aromatic rings. The van der Waals surface area contributed by atoms with Crippen molar-refractivity contribution in [2.24, 2.45) is 5.41 Å².